The van der Waals surface area contributed by atoms with E-state index in [4.69, 9.17) is 0 Å². The van der Waals surface area contributed by atoms with Crippen molar-refractivity contribution in [1.29, 1.82) is 5.26 Å². The molecule has 0 aromatic carbocycles. The predicted molar refractivity (Wildman–Crippen MR) is 103 cm³/mol. The zero-order valence-corrected chi connectivity index (χ0v) is 16.3. The zero-order valence-electron chi connectivity index (χ0n) is 16.3. The standard InChI is InChI=1S/C22H35N3/c1-3-5-7-8-9-11-19-12-14-22(18-23,15-13-19)21-24-16-20(17-25-21)10-6-4-2/h16-17,19H,3-15H2,1-2H3/t19-,22+. The summed E-state index contributed by atoms with van der Waals surface area (Å²) in [5.74, 6) is 1.56. The normalized spacial score (nSPS) is 23.3. The SMILES string of the molecule is CCCCCCC[C@H]1CC[C@@](C#N)(c2ncc(CCCC)cn2)CC1. The van der Waals surface area contributed by atoms with Gasteiger partial charge in [-0.2, -0.15) is 5.26 Å². The number of hydrogen-bond donors (Lipinski definition) is 0. The first-order valence-electron chi connectivity index (χ1n) is 10.5. The van der Waals surface area contributed by atoms with Crippen molar-refractivity contribution < 1.29 is 0 Å². The number of nitriles is 1. The van der Waals surface area contributed by atoms with E-state index >= 15 is 0 Å². The van der Waals surface area contributed by atoms with Crippen LogP contribution in [0.25, 0.3) is 0 Å². The highest BCUT2D eigenvalue weighted by molar-refractivity contribution is 5.22. The van der Waals surface area contributed by atoms with E-state index in [0.717, 1.165) is 43.8 Å². The summed E-state index contributed by atoms with van der Waals surface area (Å²) in [6.07, 6.45) is 19.6. The van der Waals surface area contributed by atoms with Crippen LogP contribution in [0.4, 0.5) is 0 Å². The molecule has 1 aromatic rings. The first-order valence-corrected chi connectivity index (χ1v) is 10.5. The molecule has 0 spiro atoms. The average molecular weight is 342 g/mol. The molecule has 1 fully saturated rings. The Morgan fingerprint density at radius 2 is 1.64 bits per heavy atom. The third-order valence-corrected chi connectivity index (χ3v) is 5.84. The molecule has 0 bridgehead atoms. The van der Waals surface area contributed by atoms with Crippen LogP contribution in [-0.4, -0.2) is 9.97 Å². The molecule has 0 saturated heterocycles. The number of rotatable bonds is 10. The fourth-order valence-corrected chi connectivity index (χ4v) is 3.99. The van der Waals surface area contributed by atoms with E-state index in [2.05, 4.69) is 29.9 Å². The van der Waals surface area contributed by atoms with Gasteiger partial charge in [-0.15, -0.1) is 0 Å². The summed E-state index contributed by atoms with van der Waals surface area (Å²) in [7, 11) is 0. The van der Waals surface area contributed by atoms with Crippen LogP contribution in [0.1, 0.15) is 102 Å². The number of nitrogens with zero attached hydrogens (tertiary/aromatic N) is 3. The molecular weight excluding hydrogens is 306 g/mol. The molecule has 3 nitrogen and oxygen atoms in total. The lowest BCUT2D eigenvalue weighted by Crippen LogP contribution is -2.32. The maximum absolute atomic E-state index is 9.84. The highest BCUT2D eigenvalue weighted by atomic mass is 14.9. The van der Waals surface area contributed by atoms with Crippen LogP contribution in [0.3, 0.4) is 0 Å². The third-order valence-electron chi connectivity index (χ3n) is 5.84. The van der Waals surface area contributed by atoms with Crippen LogP contribution in [0.5, 0.6) is 0 Å². The molecule has 1 aliphatic rings. The molecule has 138 valence electrons. The molecule has 3 heteroatoms. The second-order valence-corrected chi connectivity index (χ2v) is 7.86. The quantitative estimate of drug-likeness (QED) is 0.481. The molecule has 0 radical (unpaired) electrons. The van der Waals surface area contributed by atoms with Gasteiger partial charge in [0, 0.05) is 12.4 Å². The Kier molecular flexibility index (Phi) is 8.38. The van der Waals surface area contributed by atoms with E-state index in [0.29, 0.717) is 0 Å². The van der Waals surface area contributed by atoms with Crippen LogP contribution in [-0.2, 0) is 11.8 Å². The van der Waals surface area contributed by atoms with Crippen molar-refractivity contribution in [3.63, 3.8) is 0 Å². The van der Waals surface area contributed by atoms with Crippen LogP contribution in [0, 0.1) is 17.2 Å². The Balaban J connectivity index is 1.85. The molecule has 1 aromatic heterocycles. The van der Waals surface area contributed by atoms with Crippen LogP contribution < -0.4 is 0 Å². The molecule has 0 N–H and O–H groups in total. The Morgan fingerprint density at radius 1 is 1.00 bits per heavy atom. The maximum Gasteiger partial charge on any atom is 0.148 e. The Morgan fingerprint density at radius 3 is 2.24 bits per heavy atom. The van der Waals surface area contributed by atoms with E-state index < -0.39 is 5.41 Å². The first-order chi connectivity index (χ1) is 12.2. The van der Waals surface area contributed by atoms with Gasteiger partial charge in [0.1, 0.15) is 11.2 Å². The van der Waals surface area contributed by atoms with E-state index in [1.165, 1.54) is 56.9 Å². The maximum atomic E-state index is 9.84. The molecule has 2 rings (SSSR count). The van der Waals surface area contributed by atoms with Crippen molar-refractivity contribution in [3.05, 3.63) is 23.8 Å². The minimum atomic E-state index is -0.442. The first kappa shape index (κ1) is 19.9. The molecule has 1 saturated carbocycles. The minimum absolute atomic E-state index is 0.442. The summed E-state index contributed by atoms with van der Waals surface area (Å²) in [5, 5.41) is 9.84. The van der Waals surface area contributed by atoms with Crippen molar-refractivity contribution in [3.8, 4) is 6.07 Å². The lowest BCUT2D eigenvalue weighted by molar-refractivity contribution is 0.253. The van der Waals surface area contributed by atoms with Crippen molar-refractivity contribution in [1.82, 2.24) is 9.97 Å². The lowest BCUT2D eigenvalue weighted by atomic mass is 9.69. The van der Waals surface area contributed by atoms with Gasteiger partial charge in [-0.1, -0.05) is 58.8 Å². The lowest BCUT2D eigenvalue weighted by Gasteiger charge is -2.33. The summed E-state index contributed by atoms with van der Waals surface area (Å²) in [6.45, 7) is 4.46. The van der Waals surface area contributed by atoms with E-state index in [1.54, 1.807) is 0 Å². The fraction of sp³-hybridized carbons (Fsp3) is 0.773. The Bertz CT molecular complexity index is 521. The Labute approximate surface area is 154 Å². The minimum Gasteiger partial charge on any atom is -0.239 e. The number of aryl methyl sites for hydroxylation is 1. The Hall–Kier alpha value is -1.43. The molecule has 0 aliphatic heterocycles. The second-order valence-electron chi connectivity index (χ2n) is 7.86. The summed E-state index contributed by atoms with van der Waals surface area (Å²) >= 11 is 0. The summed E-state index contributed by atoms with van der Waals surface area (Å²) in [5.41, 5.74) is 0.751. The van der Waals surface area contributed by atoms with Gasteiger partial charge in [-0.3, -0.25) is 0 Å². The molecule has 0 amide bonds. The average Bonchev–Trinajstić information content (AvgIpc) is 2.67. The van der Waals surface area contributed by atoms with Gasteiger partial charge >= 0.3 is 0 Å². The third kappa shape index (κ3) is 5.80. The van der Waals surface area contributed by atoms with E-state index in [9.17, 15) is 5.26 Å². The van der Waals surface area contributed by atoms with Gasteiger partial charge in [0.05, 0.1) is 6.07 Å². The number of unbranched alkanes of at least 4 members (excludes halogenated alkanes) is 5. The molecule has 1 heterocycles. The van der Waals surface area contributed by atoms with Crippen LogP contribution in [0.15, 0.2) is 12.4 Å². The molecule has 0 atom stereocenters. The van der Waals surface area contributed by atoms with Crippen LogP contribution in [0.2, 0.25) is 0 Å². The smallest absolute Gasteiger partial charge is 0.148 e. The van der Waals surface area contributed by atoms with Crippen molar-refractivity contribution >= 4 is 0 Å². The number of hydrogen-bond acceptors (Lipinski definition) is 3. The van der Waals surface area contributed by atoms with Gasteiger partial charge in [-0.25, -0.2) is 9.97 Å². The van der Waals surface area contributed by atoms with Gasteiger partial charge in [0.2, 0.25) is 0 Å². The monoisotopic (exact) mass is 341 g/mol. The highest BCUT2D eigenvalue weighted by Gasteiger charge is 2.39. The molecule has 1 aliphatic carbocycles. The van der Waals surface area contributed by atoms with E-state index in [-0.39, 0.29) is 0 Å². The fourth-order valence-electron chi connectivity index (χ4n) is 3.99. The largest absolute Gasteiger partial charge is 0.239 e. The topological polar surface area (TPSA) is 49.6 Å². The summed E-state index contributed by atoms with van der Waals surface area (Å²) in [4.78, 5) is 9.17. The van der Waals surface area contributed by atoms with Gasteiger partial charge in [0.15, 0.2) is 0 Å². The second kappa shape index (κ2) is 10.5. The van der Waals surface area contributed by atoms with E-state index in [1.807, 2.05) is 12.4 Å². The van der Waals surface area contributed by atoms with Crippen molar-refractivity contribution in [2.45, 2.75) is 103 Å². The highest BCUT2D eigenvalue weighted by Crippen LogP contribution is 2.41. The van der Waals surface area contributed by atoms with Crippen molar-refractivity contribution in [2.24, 2.45) is 5.92 Å². The number of aromatic nitrogens is 2. The van der Waals surface area contributed by atoms with Crippen LogP contribution >= 0.6 is 0 Å². The molecule has 25 heavy (non-hydrogen) atoms. The van der Waals surface area contributed by atoms with Gasteiger partial charge in [0.25, 0.3) is 0 Å². The molecule has 0 unspecified atom stereocenters. The predicted octanol–water partition coefficient (Wildman–Crippen LogP) is 6.13. The summed E-state index contributed by atoms with van der Waals surface area (Å²) < 4.78 is 0. The zero-order chi connectivity index (χ0) is 18.0. The van der Waals surface area contributed by atoms with Crippen molar-refractivity contribution in [2.75, 3.05) is 0 Å². The van der Waals surface area contributed by atoms with Gasteiger partial charge < -0.3 is 0 Å². The molecular formula is C22H35N3. The summed E-state index contributed by atoms with van der Waals surface area (Å²) in [6, 6.07) is 2.58. The van der Waals surface area contributed by atoms with Gasteiger partial charge in [-0.05, 0) is 50.0 Å².